The van der Waals surface area contributed by atoms with Crippen LogP contribution in [0, 0.1) is 87.8 Å². The third kappa shape index (κ3) is 8.67. The predicted molar refractivity (Wildman–Crippen MR) is 272 cm³/mol. The van der Waals surface area contributed by atoms with Gasteiger partial charge in [-0.15, -0.1) is 0 Å². The monoisotopic (exact) mass is 993 g/mol. The van der Waals surface area contributed by atoms with Crippen molar-refractivity contribution in [2.45, 2.75) is 267 Å². The lowest BCUT2D eigenvalue weighted by molar-refractivity contribution is -0.185. The zero-order valence-electron chi connectivity index (χ0n) is 44.5. The van der Waals surface area contributed by atoms with Crippen LogP contribution >= 0.6 is 0 Å². The third-order valence-corrected chi connectivity index (χ3v) is 24.7. The second kappa shape index (κ2) is 18.9. The Labute approximate surface area is 432 Å². The molecule has 2 aliphatic heterocycles. The maximum Gasteiger partial charge on any atom is 0.233 e. The topological polar surface area (TPSA) is 112 Å². The second-order valence-electron chi connectivity index (χ2n) is 29.2. The molecule has 12 atom stereocenters. The standard InChI is InChI=1S/C62H92N2O8/c1-35-3-7-44(8-4-35)71-55-17-13-47(27-53(55)61-29-36-19-37(30-61)21-38(20-36)31-61)69-43-9-5-42(6-10-43)64-59(67)50-16-12-46(26-52(50)60(64)68)72-56-18-14-48(70-45-11-15-49-51(25-45)58(66)63(2)57(49)65)28-54(56)62-32-39-22-40(33-62)24-41(23-39)34-62/h35-56H,3-34H2,1-2H3. The fraction of sp³-hybridized carbons (Fsp3) is 0.935. The van der Waals surface area contributed by atoms with Gasteiger partial charge >= 0.3 is 0 Å². The van der Waals surface area contributed by atoms with Gasteiger partial charge in [0.1, 0.15) is 0 Å². The molecule has 8 bridgehead atoms. The molecule has 10 nitrogen and oxygen atoms in total. The summed E-state index contributed by atoms with van der Waals surface area (Å²) < 4.78 is 28.8. The van der Waals surface area contributed by atoms with Crippen LogP contribution < -0.4 is 0 Å². The van der Waals surface area contributed by atoms with Crippen LogP contribution in [0.3, 0.4) is 0 Å². The van der Waals surface area contributed by atoms with E-state index in [0.29, 0.717) is 53.8 Å². The van der Waals surface area contributed by atoms with Gasteiger partial charge in [0.05, 0.1) is 72.5 Å². The van der Waals surface area contributed by atoms with Crippen molar-refractivity contribution in [2.24, 2.45) is 87.8 Å². The van der Waals surface area contributed by atoms with Crippen LogP contribution in [0.25, 0.3) is 0 Å². The molecule has 4 amide bonds. The number of rotatable bonds is 11. The Bertz CT molecular complexity index is 2000. The van der Waals surface area contributed by atoms with Crippen LogP contribution in [0.15, 0.2) is 0 Å². The summed E-state index contributed by atoms with van der Waals surface area (Å²) in [4.78, 5) is 57.8. The minimum Gasteiger partial charge on any atom is -0.375 e. The number of nitrogens with zero attached hydrogens (tertiary/aromatic N) is 2. The van der Waals surface area contributed by atoms with E-state index in [1.807, 2.05) is 0 Å². The lowest BCUT2D eigenvalue weighted by Gasteiger charge is -2.62. The maximum absolute atomic E-state index is 14.6. The van der Waals surface area contributed by atoms with Crippen molar-refractivity contribution in [3.63, 3.8) is 0 Å². The Morgan fingerprint density at radius 1 is 0.361 bits per heavy atom. The zero-order valence-corrected chi connectivity index (χ0v) is 44.5. The molecule has 0 aromatic heterocycles. The number of amides is 4. The smallest absolute Gasteiger partial charge is 0.233 e. The van der Waals surface area contributed by atoms with Crippen molar-refractivity contribution in [2.75, 3.05) is 7.05 Å². The third-order valence-electron chi connectivity index (χ3n) is 24.7. The number of imide groups is 2. The molecular weight excluding hydrogens is 901 g/mol. The average Bonchev–Trinajstić information content (AvgIpc) is 3.74. The maximum atomic E-state index is 14.6. The molecular formula is C62H92N2O8. The number of likely N-dealkylation sites (tertiary alicyclic amines) is 2. The van der Waals surface area contributed by atoms with E-state index in [1.54, 1.807) is 11.9 Å². The number of hydrogen-bond acceptors (Lipinski definition) is 8. The molecule has 14 aliphatic carbocycles. The normalized spacial score (nSPS) is 52.9. The highest BCUT2D eigenvalue weighted by Crippen LogP contribution is 2.67. The first-order valence-electron chi connectivity index (χ1n) is 31.2. The minimum absolute atomic E-state index is 0.00144. The molecule has 14 saturated carbocycles. The SMILES string of the molecule is CC1CCC(OC2CCC(OC3CCC(N4C(=O)C5CCC(OC6CCC(OC7CCC8C(=O)N(C)C(=O)C8C7)CC6C67CC8CC(CC(C8)C6)C7)CC5C4=O)CC3)CC2C23CC4CC(CC(C4)C2)C3)CC1. The first-order valence-corrected chi connectivity index (χ1v) is 31.2. The van der Waals surface area contributed by atoms with Gasteiger partial charge in [0, 0.05) is 13.1 Å². The van der Waals surface area contributed by atoms with E-state index in [1.165, 1.54) is 114 Å². The van der Waals surface area contributed by atoms with Crippen LogP contribution in [0.1, 0.15) is 212 Å². The van der Waals surface area contributed by atoms with Gasteiger partial charge < -0.3 is 18.9 Å². The van der Waals surface area contributed by atoms with Crippen LogP contribution in [0.2, 0.25) is 0 Å². The molecule has 72 heavy (non-hydrogen) atoms. The molecule has 0 spiro atoms. The molecule has 2 saturated heterocycles. The zero-order chi connectivity index (χ0) is 48.6. The summed E-state index contributed by atoms with van der Waals surface area (Å²) >= 11 is 0. The molecule has 16 rings (SSSR count). The summed E-state index contributed by atoms with van der Waals surface area (Å²) in [5, 5.41) is 0. The first kappa shape index (κ1) is 48.5. The summed E-state index contributed by atoms with van der Waals surface area (Å²) in [6, 6.07) is -0.00378. The molecule has 0 N–H and O–H groups in total. The molecule has 16 aliphatic rings. The Balaban J connectivity index is 0.602. The summed E-state index contributed by atoms with van der Waals surface area (Å²) in [7, 11) is 1.65. The molecule has 0 radical (unpaired) electrons. The molecule has 2 heterocycles. The number of hydrogen-bond donors (Lipinski definition) is 0. The number of ether oxygens (including phenoxy) is 4. The van der Waals surface area contributed by atoms with E-state index in [4.69, 9.17) is 18.9 Å². The number of fused-ring (bicyclic) bond motifs is 2. The number of carbonyl (C=O) groups excluding carboxylic acids is 4. The van der Waals surface area contributed by atoms with Gasteiger partial charge in [0.25, 0.3) is 0 Å². The van der Waals surface area contributed by atoms with Gasteiger partial charge in [0.15, 0.2) is 0 Å². The van der Waals surface area contributed by atoms with Crippen molar-refractivity contribution in [3.05, 3.63) is 0 Å². The highest BCUT2D eigenvalue weighted by Gasteiger charge is 2.60. The van der Waals surface area contributed by atoms with E-state index < -0.39 is 0 Å². The summed E-state index contributed by atoms with van der Waals surface area (Å²) in [6.07, 6.45) is 38.4. The van der Waals surface area contributed by atoms with Gasteiger partial charge in [-0.3, -0.25) is 29.0 Å². The summed E-state index contributed by atoms with van der Waals surface area (Å²) in [5.41, 5.74) is 0.771. The van der Waals surface area contributed by atoms with E-state index in [9.17, 15) is 19.2 Å². The first-order chi connectivity index (χ1) is 34.9. The molecule has 0 aromatic carbocycles. The highest BCUT2D eigenvalue weighted by molar-refractivity contribution is 6.06. The largest absolute Gasteiger partial charge is 0.375 e. The fourth-order valence-electron chi connectivity index (χ4n) is 22.3. The van der Waals surface area contributed by atoms with Crippen molar-refractivity contribution in [3.8, 4) is 0 Å². The van der Waals surface area contributed by atoms with Gasteiger partial charge in [-0.1, -0.05) is 6.92 Å². The van der Waals surface area contributed by atoms with Gasteiger partial charge in [-0.2, -0.15) is 0 Å². The van der Waals surface area contributed by atoms with Crippen LogP contribution in [0.5, 0.6) is 0 Å². The molecule has 16 fully saturated rings. The van der Waals surface area contributed by atoms with E-state index in [0.717, 1.165) is 125 Å². The van der Waals surface area contributed by atoms with Crippen molar-refractivity contribution in [1.82, 2.24) is 9.80 Å². The predicted octanol–water partition coefficient (Wildman–Crippen LogP) is 11.4. The van der Waals surface area contributed by atoms with Gasteiger partial charge in [-0.25, -0.2) is 0 Å². The van der Waals surface area contributed by atoms with Crippen molar-refractivity contribution >= 4 is 23.6 Å². The Morgan fingerprint density at radius 3 is 1.22 bits per heavy atom. The molecule has 12 unspecified atom stereocenters. The van der Waals surface area contributed by atoms with E-state index in [-0.39, 0.29) is 83.9 Å². The van der Waals surface area contributed by atoms with Crippen molar-refractivity contribution in [1.29, 1.82) is 0 Å². The van der Waals surface area contributed by atoms with Gasteiger partial charge in [-0.05, 0) is 270 Å². The quantitative estimate of drug-likeness (QED) is 0.188. The minimum atomic E-state index is -0.252. The lowest BCUT2D eigenvalue weighted by atomic mass is 9.45. The van der Waals surface area contributed by atoms with Crippen LogP contribution in [-0.4, -0.2) is 95.3 Å². The fourth-order valence-corrected chi connectivity index (χ4v) is 22.3. The van der Waals surface area contributed by atoms with E-state index >= 15 is 0 Å². The van der Waals surface area contributed by atoms with E-state index in [2.05, 4.69) is 6.92 Å². The number of carbonyl (C=O) groups is 4. The lowest BCUT2D eigenvalue weighted by Crippen LogP contribution is -2.55. The Morgan fingerprint density at radius 2 is 0.708 bits per heavy atom. The Hall–Kier alpha value is -1.88. The molecule has 10 heteroatoms. The molecule has 0 aromatic rings. The summed E-state index contributed by atoms with van der Waals surface area (Å²) in [5.74, 6) is 6.62. The summed E-state index contributed by atoms with van der Waals surface area (Å²) in [6.45, 7) is 2.42. The average molecular weight is 993 g/mol. The van der Waals surface area contributed by atoms with Gasteiger partial charge in [0.2, 0.25) is 23.6 Å². The second-order valence-corrected chi connectivity index (χ2v) is 29.2. The Kier molecular flexibility index (Phi) is 12.8. The highest BCUT2D eigenvalue weighted by atomic mass is 16.5. The molecule has 398 valence electrons. The van der Waals surface area contributed by atoms with Crippen LogP contribution in [0.4, 0.5) is 0 Å². The van der Waals surface area contributed by atoms with Crippen LogP contribution in [-0.2, 0) is 38.1 Å². The van der Waals surface area contributed by atoms with Crippen molar-refractivity contribution < 1.29 is 38.1 Å².